The first-order valence-electron chi connectivity index (χ1n) is 11.4. The summed E-state index contributed by atoms with van der Waals surface area (Å²) in [5.74, 6) is -2.78. The van der Waals surface area contributed by atoms with Gasteiger partial charge in [0.25, 0.3) is 20.2 Å². The predicted molar refractivity (Wildman–Crippen MR) is 148 cm³/mol. The van der Waals surface area contributed by atoms with Crippen LogP contribution in [0, 0.1) is 0 Å². The Balaban J connectivity index is 0.000000810. The van der Waals surface area contributed by atoms with E-state index in [2.05, 4.69) is 13.2 Å². The summed E-state index contributed by atoms with van der Waals surface area (Å²) in [6.07, 6.45) is 4.54. The van der Waals surface area contributed by atoms with Crippen LogP contribution in [-0.4, -0.2) is 36.8 Å². The minimum Gasteiger partial charge on any atom is -0.507 e. The number of rotatable bonds is 8. The van der Waals surface area contributed by atoms with Gasteiger partial charge in [0.15, 0.2) is 5.78 Å². The van der Waals surface area contributed by atoms with Gasteiger partial charge in [-0.25, -0.2) is 4.79 Å². The second kappa shape index (κ2) is 12.2. The number of benzene rings is 3. The van der Waals surface area contributed by atoms with Gasteiger partial charge in [-0.2, -0.15) is 16.8 Å². The zero-order valence-electron chi connectivity index (χ0n) is 20.8. The molecule has 0 aliphatic heterocycles. The molecule has 3 N–H and O–H groups in total. The van der Waals surface area contributed by atoms with Gasteiger partial charge in [0, 0.05) is 5.56 Å². The van der Waals surface area contributed by atoms with E-state index in [0.717, 1.165) is 42.8 Å². The van der Waals surface area contributed by atoms with Gasteiger partial charge in [-0.3, -0.25) is 13.9 Å². The van der Waals surface area contributed by atoms with Crippen LogP contribution in [0.15, 0.2) is 117 Å². The first kappa shape index (κ1) is 30.2. The van der Waals surface area contributed by atoms with Gasteiger partial charge in [-0.15, -0.1) is 13.2 Å². The van der Waals surface area contributed by atoms with E-state index in [1.807, 2.05) is 12.2 Å². The van der Waals surface area contributed by atoms with Crippen molar-refractivity contribution in [3.8, 4) is 5.75 Å². The summed E-state index contributed by atoms with van der Waals surface area (Å²) in [6, 6.07) is 14.7. The van der Waals surface area contributed by atoms with Gasteiger partial charge >= 0.3 is 5.63 Å². The van der Waals surface area contributed by atoms with Crippen molar-refractivity contribution in [1.82, 2.24) is 0 Å². The largest absolute Gasteiger partial charge is 0.507 e. The Morgan fingerprint density at radius 1 is 0.825 bits per heavy atom. The van der Waals surface area contributed by atoms with Gasteiger partial charge in [0.05, 0.1) is 26.7 Å². The van der Waals surface area contributed by atoms with Crippen LogP contribution in [0.3, 0.4) is 0 Å². The summed E-state index contributed by atoms with van der Waals surface area (Å²) in [5.41, 5.74) is -1.36. The summed E-state index contributed by atoms with van der Waals surface area (Å²) in [5, 5.41) is 11.1. The minimum absolute atomic E-state index is 0.0733. The monoisotopic (exact) mass is 584 g/mol. The van der Waals surface area contributed by atoms with Gasteiger partial charge < -0.3 is 9.52 Å². The third-order valence-electron chi connectivity index (χ3n) is 5.65. The molecule has 208 valence electrons. The number of aromatic hydroxyl groups is 1. The molecule has 4 rings (SSSR count). The maximum Gasteiger partial charge on any atom is 0.344 e. The molecule has 4 aromatic rings. The second-order valence-corrected chi connectivity index (χ2v) is 11.1. The third-order valence-corrected chi connectivity index (χ3v) is 7.39. The molecule has 10 nitrogen and oxygen atoms in total. The number of fused-ring (bicyclic) bond motifs is 1. The summed E-state index contributed by atoms with van der Waals surface area (Å²) < 4.78 is 69.2. The van der Waals surface area contributed by atoms with E-state index in [9.17, 15) is 40.6 Å². The molecule has 0 aliphatic rings. The van der Waals surface area contributed by atoms with Crippen LogP contribution < -0.4 is 5.63 Å². The standard InChI is InChI=1S/C23H16O10S2.C5H8/c24-21(14-7-11-16(12-8-14)35(30,31)32)19(13-5-9-15(10-6-13)34(27,28)29)20-22(25)17-3-1-2-4-18(17)33-23(20)26;1-3-5-4-2/h1-12,19,25H,(H,27,28,29)(H,30,31,32);3-4H,1-2,5H2. The number of allylic oxidation sites excluding steroid dienone is 2. The van der Waals surface area contributed by atoms with Crippen LogP contribution in [0.1, 0.15) is 33.8 Å². The van der Waals surface area contributed by atoms with Crippen LogP contribution in [0.2, 0.25) is 0 Å². The van der Waals surface area contributed by atoms with Crippen molar-refractivity contribution in [2.45, 2.75) is 22.1 Å². The number of carbonyl (C=O) groups is 1. The highest BCUT2D eigenvalue weighted by Crippen LogP contribution is 2.36. The van der Waals surface area contributed by atoms with Crippen LogP contribution >= 0.6 is 0 Å². The maximum absolute atomic E-state index is 13.6. The van der Waals surface area contributed by atoms with Crippen LogP contribution in [-0.2, 0) is 20.2 Å². The van der Waals surface area contributed by atoms with Crippen LogP contribution in [0.5, 0.6) is 5.75 Å². The lowest BCUT2D eigenvalue weighted by Crippen LogP contribution is -2.22. The molecule has 1 atom stereocenters. The molecule has 0 radical (unpaired) electrons. The Morgan fingerprint density at radius 3 is 1.80 bits per heavy atom. The first-order valence-corrected chi connectivity index (χ1v) is 14.3. The quantitative estimate of drug-likeness (QED) is 0.113. The Morgan fingerprint density at radius 2 is 1.32 bits per heavy atom. The lowest BCUT2D eigenvalue weighted by Gasteiger charge is -2.18. The van der Waals surface area contributed by atoms with Crippen molar-refractivity contribution in [1.29, 1.82) is 0 Å². The molecule has 40 heavy (non-hydrogen) atoms. The third kappa shape index (κ3) is 6.79. The lowest BCUT2D eigenvalue weighted by atomic mass is 9.84. The van der Waals surface area contributed by atoms with Crippen molar-refractivity contribution in [2.75, 3.05) is 0 Å². The zero-order chi connectivity index (χ0) is 29.7. The highest BCUT2D eigenvalue weighted by atomic mass is 32.2. The van der Waals surface area contributed by atoms with Crippen molar-refractivity contribution in [3.63, 3.8) is 0 Å². The molecule has 0 bridgehead atoms. The van der Waals surface area contributed by atoms with Crippen molar-refractivity contribution in [2.24, 2.45) is 0 Å². The van der Waals surface area contributed by atoms with Crippen LogP contribution in [0.4, 0.5) is 0 Å². The molecular weight excluding hydrogens is 560 g/mol. The van der Waals surface area contributed by atoms with E-state index in [1.54, 1.807) is 12.1 Å². The normalized spacial score (nSPS) is 12.2. The van der Waals surface area contributed by atoms with Gasteiger partial charge in [-0.1, -0.05) is 36.4 Å². The SMILES string of the molecule is C=CCC=C.O=C(c1ccc(S(=O)(=O)O)cc1)C(c1ccc(S(=O)(=O)O)cc1)c1c(O)c2ccccc2oc1=O. The molecule has 0 amide bonds. The lowest BCUT2D eigenvalue weighted by molar-refractivity contribution is 0.0971. The fourth-order valence-corrected chi connectivity index (χ4v) is 4.72. The number of hydrogen-bond donors (Lipinski definition) is 3. The van der Waals surface area contributed by atoms with Crippen molar-refractivity contribution >= 4 is 37.0 Å². The van der Waals surface area contributed by atoms with E-state index in [0.29, 0.717) is 0 Å². The average Bonchev–Trinajstić information content (AvgIpc) is 2.91. The summed E-state index contributed by atoms with van der Waals surface area (Å²) >= 11 is 0. The number of carbonyl (C=O) groups excluding carboxylic acids is 1. The van der Waals surface area contributed by atoms with E-state index < -0.39 is 58.7 Å². The van der Waals surface area contributed by atoms with Gasteiger partial charge in [0.2, 0.25) is 0 Å². The number of hydrogen-bond acceptors (Lipinski definition) is 8. The van der Waals surface area contributed by atoms with Crippen molar-refractivity contribution < 1.29 is 40.3 Å². The highest BCUT2D eigenvalue weighted by Gasteiger charge is 2.32. The molecule has 0 aliphatic carbocycles. The van der Waals surface area contributed by atoms with Crippen LogP contribution in [0.25, 0.3) is 11.0 Å². The van der Waals surface area contributed by atoms with E-state index >= 15 is 0 Å². The molecule has 0 fully saturated rings. The van der Waals surface area contributed by atoms with Gasteiger partial charge in [0.1, 0.15) is 11.3 Å². The van der Waals surface area contributed by atoms with Gasteiger partial charge in [-0.05, 0) is 60.5 Å². The number of Topliss-reactive ketones (excluding diaryl/α,β-unsaturated/α-hetero) is 1. The fourth-order valence-electron chi connectivity index (χ4n) is 3.76. The maximum atomic E-state index is 13.6. The molecular formula is C28H24O10S2. The molecule has 0 saturated heterocycles. The fraction of sp³-hybridized carbons (Fsp3) is 0.0714. The molecule has 0 saturated carbocycles. The van der Waals surface area contributed by atoms with E-state index in [-0.39, 0.29) is 22.1 Å². The minimum atomic E-state index is -4.54. The Hall–Kier alpha value is -4.36. The average molecular weight is 585 g/mol. The predicted octanol–water partition coefficient (Wildman–Crippen LogP) is 4.76. The number of para-hydroxylation sites is 1. The Bertz CT molecular complexity index is 1830. The molecule has 3 aromatic carbocycles. The zero-order valence-corrected chi connectivity index (χ0v) is 22.4. The van der Waals surface area contributed by atoms with E-state index in [1.165, 1.54) is 24.3 Å². The Kier molecular flexibility index (Phi) is 9.22. The van der Waals surface area contributed by atoms with E-state index in [4.69, 9.17) is 4.42 Å². The molecule has 0 spiro atoms. The second-order valence-electron chi connectivity index (χ2n) is 8.30. The highest BCUT2D eigenvalue weighted by molar-refractivity contribution is 7.86. The topological polar surface area (TPSA) is 176 Å². The first-order chi connectivity index (χ1) is 18.8. The Labute approximate surface area is 230 Å². The molecule has 1 unspecified atom stereocenters. The summed E-state index contributed by atoms with van der Waals surface area (Å²) in [7, 11) is -9.06. The molecule has 1 heterocycles. The molecule has 1 aromatic heterocycles. The van der Waals surface area contributed by atoms with Crippen molar-refractivity contribution in [3.05, 3.63) is 125 Å². The smallest absolute Gasteiger partial charge is 0.344 e. The summed E-state index contributed by atoms with van der Waals surface area (Å²) in [6.45, 7) is 6.96. The number of ketones is 1. The summed E-state index contributed by atoms with van der Waals surface area (Å²) in [4.78, 5) is 25.5. The molecule has 12 heteroatoms.